The molecule has 0 unspecified atom stereocenters. The van der Waals surface area contributed by atoms with Gasteiger partial charge >= 0.3 is 0 Å². The first-order chi connectivity index (χ1) is 12.5. The van der Waals surface area contributed by atoms with E-state index in [2.05, 4.69) is 0 Å². The average Bonchev–Trinajstić information content (AvgIpc) is 2.88. The summed E-state index contributed by atoms with van der Waals surface area (Å²) >= 11 is 0. The van der Waals surface area contributed by atoms with Gasteiger partial charge in [0.2, 0.25) is 5.91 Å². The van der Waals surface area contributed by atoms with Crippen LogP contribution in [-0.2, 0) is 4.79 Å². The van der Waals surface area contributed by atoms with Crippen molar-refractivity contribution in [3.8, 4) is 17.2 Å². The molecule has 7 heteroatoms. The summed E-state index contributed by atoms with van der Waals surface area (Å²) in [7, 11) is 4.51. The molecule has 0 radical (unpaired) electrons. The minimum atomic E-state index is -0.171. The van der Waals surface area contributed by atoms with Gasteiger partial charge in [-0.25, -0.2) is 0 Å². The summed E-state index contributed by atoms with van der Waals surface area (Å²) in [4.78, 5) is 26.9. The fourth-order valence-corrected chi connectivity index (χ4v) is 3.16. The van der Waals surface area contributed by atoms with E-state index in [-0.39, 0.29) is 30.6 Å². The summed E-state index contributed by atoms with van der Waals surface area (Å²) < 4.78 is 15.8. The molecule has 1 heterocycles. The van der Waals surface area contributed by atoms with Crippen molar-refractivity contribution in [3.05, 3.63) is 17.7 Å². The van der Waals surface area contributed by atoms with E-state index in [1.54, 1.807) is 17.0 Å². The molecule has 7 nitrogen and oxygen atoms in total. The molecule has 1 aliphatic rings. The van der Waals surface area contributed by atoms with E-state index < -0.39 is 0 Å². The second-order valence-corrected chi connectivity index (χ2v) is 6.43. The normalized spacial score (nSPS) is 17.4. The van der Waals surface area contributed by atoms with Gasteiger partial charge in [-0.2, -0.15) is 0 Å². The number of rotatable bonds is 7. The number of nitrogens with zero attached hydrogens (tertiary/aromatic N) is 1. The Morgan fingerprint density at radius 1 is 1.04 bits per heavy atom. The van der Waals surface area contributed by atoms with Gasteiger partial charge in [-0.1, -0.05) is 6.42 Å². The lowest BCUT2D eigenvalue weighted by molar-refractivity contribution is -0.131. The molecule has 0 bridgehead atoms. The van der Waals surface area contributed by atoms with Crippen molar-refractivity contribution < 1.29 is 23.8 Å². The number of ether oxygens (including phenoxy) is 3. The topological polar surface area (TPSA) is 91.1 Å². The first-order valence-corrected chi connectivity index (χ1v) is 8.86. The molecule has 1 aliphatic heterocycles. The highest BCUT2D eigenvalue weighted by atomic mass is 16.5. The van der Waals surface area contributed by atoms with Crippen molar-refractivity contribution in [2.75, 3.05) is 34.4 Å². The van der Waals surface area contributed by atoms with E-state index in [9.17, 15) is 9.59 Å². The molecule has 1 fully saturated rings. The zero-order chi connectivity index (χ0) is 19.1. The van der Waals surface area contributed by atoms with Gasteiger partial charge < -0.3 is 24.8 Å². The summed E-state index contributed by atoms with van der Waals surface area (Å²) in [5, 5.41) is 0. The number of ketones is 1. The van der Waals surface area contributed by atoms with E-state index in [0.29, 0.717) is 35.9 Å². The Kier molecular flexibility index (Phi) is 7.26. The zero-order valence-corrected chi connectivity index (χ0v) is 15.7. The fourth-order valence-electron chi connectivity index (χ4n) is 3.16. The average molecular weight is 364 g/mol. The number of likely N-dealkylation sites (tertiary alicyclic amines) is 1. The van der Waals surface area contributed by atoms with E-state index in [1.165, 1.54) is 21.3 Å². The van der Waals surface area contributed by atoms with Gasteiger partial charge in [0.15, 0.2) is 17.3 Å². The number of methoxy groups -OCH3 is 3. The number of carbonyl (C=O) groups excluding carboxylic acids is 2. The summed E-state index contributed by atoms with van der Waals surface area (Å²) in [5.41, 5.74) is 6.38. The molecule has 1 amide bonds. The Bertz CT molecular complexity index is 647. The van der Waals surface area contributed by atoms with Gasteiger partial charge in [0.05, 0.1) is 26.9 Å². The van der Waals surface area contributed by atoms with Crippen molar-refractivity contribution in [2.45, 2.75) is 38.1 Å². The zero-order valence-electron chi connectivity index (χ0n) is 15.7. The standard InChI is InChI=1S/C19H28N2O5/c1-24-16-11-18(26-3)17(25-2)10-14(16)15(22)7-8-19(23)21-9-5-4-6-13(20)12-21/h10-11,13H,4-9,12,20H2,1-3H3/t13-/m0/s1. The van der Waals surface area contributed by atoms with Crippen LogP contribution in [0.15, 0.2) is 12.1 Å². The highest BCUT2D eigenvalue weighted by molar-refractivity contribution is 6.01. The molecule has 0 spiro atoms. The Labute approximate surface area is 154 Å². The Balaban J connectivity index is 2.06. The number of amides is 1. The third-order valence-corrected chi connectivity index (χ3v) is 4.63. The van der Waals surface area contributed by atoms with Crippen molar-refractivity contribution in [1.29, 1.82) is 0 Å². The van der Waals surface area contributed by atoms with Crippen LogP contribution in [0.5, 0.6) is 17.2 Å². The molecule has 1 saturated heterocycles. The van der Waals surface area contributed by atoms with E-state index in [1.807, 2.05) is 0 Å². The van der Waals surface area contributed by atoms with Gasteiger partial charge in [-0.3, -0.25) is 9.59 Å². The molecule has 2 N–H and O–H groups in total. The molecule has 2 rings (SSSR count). The molecule has 0 aromatic heterocycles. The lowest BCUT2D eigenvalue weighted by Gasteiger charge is -2.22. The number of hydrogen-bond acceptors (Lipinski definition) is 6. The third kappa shape index (κ3) is 4.88. The Hall–Kier alpha value is -2.28. The molecular formula is C19H28N2O5. The van der Waals surface area contributed by atoms with Crippen LogP contribution in [0, 0.1) is 0 Å². The van der Waals surface area contributed by atoms with Gasteiger partial charge in [-0.05, 0) is 18.9 Å². The Morgan fingerprint density at radius 3 is 2.35 bits per heavy atom. The molecule has 26 heavy (non-hydrogen) atoms. The molecular weight excluding hydrogens is 336 g/mol. The maximum atomic E-state index is 12.6. The summed E-state index contributed by atoms with van der Waals surface area (Å²) in [6, 6.07) is 3.22. The molecule has 144 valence electrons. The lowest BCUT2D eigenvalue weighted by atomic mass is 10.0. The number of Topliss-reactive ketones (excluding diaryl/α,β-unsaturated/α-hetero) is 1. The number of carbonyl (C=O) groups is 2. The SMILES string of the molecule is COc1cc(OC)c(C(=O)CCC(=O)N2CCCC[C@H](N)C2)cc1OC. The van der Waals surface area contributed by atoms with Crippen LogP contribution >= 0.6 is 0 Å². The van der Waals surface area contributed by atoms with Gasteiger partial charge in [0.25, 0.3) is 0 Å². The van der Waals surface area contributed by atoms with Gasteiger partial charge in [-0.15, -0.1) is 0 Å². The minimum Gasteiger partial charge on any atom is -0.496 e. The van der Waals surface area contributed by atoms with Crippen molar-refractivity contribution >= 4 is 11.7 Å². The largest absolute Gasteiger partial charge is 0.496 e. The monoisotopic (exact) mass is 364 g/mol. The van der Waals surface area contributed by atoms with Gasteiger partial charge in [0, 0.05) is 38.0 Å². The van der Waals surface area contributed by atoms with Crippen LogP contribution in [0.1, 0.15) is 42.5 Å². The quantitative estimate of drug-likeness (QED) is 0.744. The van der Waals surface area contributed by atoms with Crippen molar-refractivity contribution in [2.24, 2.45) is 5.73 Å². The van der Waals surface area contributed by atoms with Crippen LogP contribution in [0.2, 0.25) is 0 Å². The molecule has 1 aromatic rings. The summed E-state index contributed by atoms with van der Waals surface area (Å²) in [6.07, 6.45) is 3.19. The smallest absolute Gasteiger partial charge is 0.223 e. The Morgan fingerprint density at radius 2 is 1.69 bits per heavy atom. The third-order valence-electron chi connectivity index (χ3n) is 4.63. The van der Waals surface area contributed by atoms with E-state index in [0.717, 1.165) is 19.3 Å². The highest BCUT2D eigenvalue weighted by Gasteiger charge is 2.22. The van der Waals surface area contributed by atoms with Crippen LogP contribution in [0.3, 0.4) is 0 Å². The predicted molar refractivity (Wildman–Crippen MR) is 98.1 cm³/mol. The molecule has 1 atom stereocenters. The first kappa shape index (κ1) is 20.0. The molecule has 0 saturated carbocycles. The maximum Gasteiger partial charge on any atom is 0.223 e. The first-order valence-electron chi connectivity index (χ1n) is 8.86. The van der Waals surface area contributed by atoms with E-state index in [4.69, 9.17) is 19.9 Å². The predicted octanol–water partition coefficient (Wildman–Crippen LogP) is 2.02. The van der Waals surface area contributed by atoms with Crippen molar-refractivity contribution in [1.82, 2.24) is 4.90 Å². The minimum absolute atomic E-state index is 0.0168. The molecule has 0 aliphatic carbocycles. The number of benzene rings is 1. The van der Waals surface area contributed by atoms with Crippen molar-refractivity contribution in [3.63, 3.8) is 0 Å². The van der Waals surface area contributed by atoms with Crippen LogP contribution in [0.25, 0.3) is 0 Å². The van der Waals surface area contributed by atoms with Crippen LogP contribution < -0.4 is 19.9 Å². The van der Waals surface area contributed by atoms with Gasteiger partial charge in [0.1, 0.15) is 5.75 Å². The van der Waals surface area contributed by atoms with Crippen LogP contribution in [0.4, 0.5) is 0 Å². The second-order valence-electron chi connectivity index (χ2n) is 6.43. The maximum absolute atomic E-state index is 12.6. The molecule has 1 aromatic carbocycles. The number of hydrogen-bond donors (Lipinski definition) is 1. The number of nitrogens with two attached hydrogens (primary N) is 1. The summed E-state index contributed by atoms with van der Waals surface area (Å²) in [6.45, 7) is 1.27. The highest BCUT2D eigenvalue weighted by Crippen LogP contribution is 2.35. The van der Waals surface area contributed by atoms with Crippen LogP contribution in [-0.4, -0.2) is 57.1 Å². The van der Waals surface area contributed by atoms with E-state index >= 15 is 0 Å². The summed E-state index contributed by atoms with van der Waals surface area (Å²) in [5.74, 6) is 1.12. The fraction of sp³-hybridized carbons (Fsp3) is 0.579. The lowest BCUT2D eigenvalue weighted by Crippen LogP contribution is -2.39. The second kappa shape index (κ2) is 9.43.